The fourth-order valence-corrected chi connectivity index (χ4v) is 11.3. The predicted octanol–water partition coefficient (Wildman–Crippen LogP) is 1.02. The number of piperidine rings is 2. The summed E-state index contributed by atoms with van der Waals surface area (Å²) >= 11 is 0. The SMILES string of the molecule is C=C1C[C@@]23C[C@H]4C5[C@@]6(C)C[C@H](OC(C)=O)C[C@]57C(N4C6)[C@@]2(O)[C@H](OC(C)=O)[C@H]1[C@@H](O)[C@@H]73. The van der Waals surface area contributed by atoms with E-state index in [0.717, 1.165) is 25.0 Å². The maximum Gasteiger partial charge on any atom is 0.303 e. The number of aliphatic hydroxyl groups excluding tert-OH is 1. The third-order valence-corrected chi connectivity index (χ3v) is 10.9. The summed E-state index contributed by atoms with van der Waals surface area (Å²) in [5.41, 5.74) is -1.20. The standard InChI is InChI=1S/C24H31NO6/c1-10-5-22-8-14-17-21(4)6-13(30-11(2)26)7-23(17)18(22)16(28)15(10)19(31-12(3)27)24(22,29)20(23)25(14)9-21/h13-20,28-29H,1,5-9H2,2-4H3/t13-,14-,15+,16+,17?,18+,19+,20?,21-,22-,23-,24-/m0/s1. The van der Waals surface area contributed by atoms with Crippen molar-refractivity contribution in [3.63, 3.8) is 0 Å². The number of hydrogen-bond donors (Lipinski definition) is 2. The largest absolute Gasteiger partial charge is 0.463 e. The van der Waals surface area contributed by atoms with Crippen molar-refractivity contribution < 1.29 is 29.3 Å². The average molecular weight is 430 g/mol. The minimum Gasteiger partial charge on any atom is -0.463 e. The van der Waals surface area contributed by atoms with Crippen LogP contribution in [0.25, 0.3) is 0 Å². The Bertz CT molecular complexity index is 966. The first-order valence-corrected chi connectivity index (χ1v) is 11.7. The van der Waals surface area contributed by atoms with E-state index in [1.54, 1.807) is 0 Å². The summed E-state index contributed by atoms with van der Waals surface area (Å²) in [4.78, 5) is 26.5. The summed E-state index contributed by atoms with van der Waals surface area (Å²) in [6, 6.07) is 0.176. The van der Waals surface area contributed by atoms with E-state index in [1.807, 2.05) is 0 Å². The molecule has 9 rings (SSSR count). The van der Waals surface area contributed by atoms with Gasteiger partial charge in [0.05, 0.1) is 6.10 Å². The van der Waals surface area contributed by atoms with Crippen LogP contribution in [0.2, 0.25) is 0 Å². The topological polar surface area (TPSA) is 96.3 Å². The molecule has 31 heavy (non-hydrogen) atoms. The van der Waals surface area contributed by atoms with Gasteiger partial charge in [0.1, 0.15) is 17.8 Å². The molecule has 0 aromatic rings. The molecule has 0 radical (unpaired) electrons. The summed E-state index contributed by atoms with van der Waals surface area (Å²) < 4.78 is 11.6. The molecule has 6 saturated carbocycles. The molecular formula is C24H31NO6. The highest BCUT2D eigenvalue weighted by molar-refractivity contribution is 5.67. The predicted molar refractivity (Wildman–Crippen MR) is 107 cm³/mol. The van der Waals surface area contributed by atoms with E-state index in [0.29, 0.717) is 24.8 Å². The van der Waals surface area contributed by atoms with Gasteiger partial charge in [0.25, 0.3) is 0 Å². The molecular weight excluding hydrogens is 398 g/mol. The maximum atomic E-state index is 12.6. The lowest BCUT2D eigenvalue weighted by Crippen LogP contribution is -2.77. The summed E-state index contributed by atoms with van der Waals surface area (Å²) in [5.74, 6) is -0.896. The first-order valence-electron chi connectivity index (χ1n) is 11.7. The molecule has 0 aromatic heterocycles. The van der Waals surface area contributed by atoms with Crippen LogP contribution in [0.5, 0.6) is 0 Å². The number of carbonyl (C=O) groups is 2. The number of fused-ring (bicyclic) bond motifs is 1. The smallest absolute Gasteiger partial charge is 0.303 e. The van der Waals surface area contributed by atoms with Crippen molar-refractivity contribution in [2.24, 2.45) is 34.0 Å². The second-order valence-electron chi connectivity index (χ2n) is 12.1. The van der Waals surface area contributed by atoms with Gasteiger partial charge in [0.15, 0.2) is 0 Å². The van der Waals surface area contributed by atoms with Crippen molar-refractivity contribution in [1.82, 2.24) is 4.90 Å². The summed E-state index contributed by atoms with van der Waals surface area (Å²) in [6.07, 6.45) is 1.30. The zero-order valence-corrected chi connectivity index (χ0v) is 18.3. The van der Waals surface area contributed by atoms with Crippen LogP contribution < -0.4 is 0 Å². The van der Waals surface area contributed by atoms with Gasteiger partial charge < -0.3 is 19.7 Å². The van der Waals surface area contributed by atoms with E-state index in [2.05, 4.69) is 18.4 Å². The van der Waals surface area contributed by atoms with Gasteiger partial charge in [-0.2, -0.15) is 0 Å². The van der Waals surface area contributed by atoms with Crippen molar-refractivity contribution in [3.8, 4) is 0 Å². The van der Waals surface area contributed by atoms with Crippen molar-refractivity contribution in [2.45, 2.75) is 82.5 Å². The van der Waals surface area contributed by atoms with Crippen molar-refractivity contribution in [2.75, 3.05) is 6.54 Å². The molecule has 3 heterocycles. The zero-order chi connectivity index (χ0) is 21.9. The van der Waals surface area contributed by atoms with E-state index < -0.39 is 35.1 Å². The number of carbonyl (C=O) groups excluding carboxylic acids is 2. The molecule has 3 saturated heterocycles. The number of rotatable bonds is 2. The van der Waals surface area contributed by atoms with Crippen LogP contribution in [0.15, 0.2) is 12.2 Å². The second kappa shape index (κ2) is 5.05. The van der Waals surface area contributed by atoms with Gasteiger partial charge in [-0.05, 0) is 37.0 Å². The normalized spacial score (nSPS) is 63.5. The Kier molecular flexibility index (Phi) is 3.10. The van der Waals surface area contributed by atoms with E-state index >= 15 is 0 Å². The lowest BCUT2D eigenvalue weighted by molar-refractivity contribution is -0.284. The van der Waals surface area contributed by atoms with Crippen LogP contribution in [-0.2, 0) is 19.1 Å². The lowest BCUT2D eigenvalue weighted by Gasteiger charge is -2.68. The zero-order valence-electron chi connectivity index (χ0n) is 18.3. The fraction of sp³-hybridized carbons (Fsp3) is 0.833. The van der Waals surface area contributed by atoms with Gasteiger partial charge in [-0.15, -0.1) is 0 Å². The third kappa shape index (κ3) is 1.65. The minimum absolute atomic E-state index is 0.0120. The average Bonchev–Trinajstić information content (AvgIpc) is 3.03. The molecule has 168 valence electrons. The van der Waals surface area contributed by atoms with Crippen LogP contribution in [0, 0.1) is 34.0 Å². The van der Waals surface area contributed by atoms with Crippen LogP contribution in [0.3, 0.4) is 0 Å². The van der Waals surface area contributed by atoms with E-state index in [1.165, 1.54) is 13.8 Å². The Morgan fingerprint density at radius 3 is 2.52 bits per heavy atom. The van der Waals surface area contributed by atoms with Gasteiger partial charge in [-0.3, -0.25) is 14.5 Å². The first kappa shape index (κ1) is 19.1. The molecule has 9 bridgehead atoms. The Hall–Kier alpha value is -1.44. The van der Waals surface area contributed by atoms with Crippen molar-refractivity contribution in [1.29, 1.82) is 0 Å². The second-order valence-corrected chi connectivity index (χ2v) is 12.1. The van der Waals surface area contributed by atoms with Crippen LogP contribution in [-0.4, -0.2) is 69.6 Å². The Morgan fingerprint density at radius 2 is 1.84 bits per heavy atom. The van der Waals surface area contributed by atoms with E-state index in [-0.39, 0.29) is 34.9 Å². The quantitative estimate of drug-likeness (QED) is 0.500. The molecule has 0 aromatic carbocycles. The van der Waals surface area contributed by atoms with Gasteiger partial charge in [0, 0.05) is 55.1 Å². The molecule has 3 unspecified atom stereocenters. The monoisotopic (exact) mass is 429 g/mol. The van der Waals surface area contributed by atoms with E-state index in [9.17, 15) is 19.8 Å². The highest BCUT2D eigenvalue weighted by atomic mass is 16.6. The van der Waals surface area contributed by atoms with E-state index in [4.69, 9.17) is 9.47 Å². The highest BCUT2D eigenvalue weighted by Crippen LogP contribution is 2.88. The molecule has 9 fully saturated rings. The molecule has 7 nitrogen and oxygen atoms in total. The van der Waals surface area contributed by atoms with Gasteiger partial charge in [-0.1, -0.05) is 19.1 Å². The van der Waals surface area contributed by atoms with Gasteiger partial charge in [0.2, 0.25) is 0 Å². The summed E-state index contributed by atoms with van der Waals surface area (Å²) in [5, 5.41) is 24.4. The molecule has 2 spiro atoms. The maximum absolute atomic E-state index is 12.6. The minimum atomic E-state index is -1.21. The van der Waals surface area contributed by atoms with Crippen LogP contribution >= 0.6 is 0 Å². The Morgan fingerprint density at radius 1 is 1.13 bits per heavy atom. The summed E-state index contributed by atoms with van der Waals surface area (Å²) in [7, 11) is 0. The Labute approximate surface area is 181 Å². The molecule has 2 N–H and O–H groups in total. The molecule has 13 atom stereocenters. The number of nitrogens with zero attached hydrogens (tertiary/aromatic N) is 1. The van der Waals surface area contributed by atoms with Gasteiger partial charge in [-0.25, -0.2) is 0 Å². The molecule has 7 heteroatoms. The van der Waals surface area contributed by atoms with Crippen molar-refractivity contribution in [3.05, 3.63) is 12.2 Å². The number of ether oxygens (including phenoxy) is 2. The molecule has 0 amide bonds. The Balaban J connectivity index is 1.47. The fourth-order valence-electron chi connectivity index (χ4n) is 11.3. The molecule has 6 aliphatic carbocycles. The van der Waals surface area contributed by atoms with Crippen molar-refractivity contribution >= 4 is 11.9 Å². The molecule has 3 aliphatic heterocycles. The van der Waals surface area contributed by atoms with Gasteiger partial charge >= 0.3 is 11.9 Å². The van der Waals surface area contributed by atoms with Crippen LogP contribution in [0.1, 0.15) is 46.5 Å². The molecule has 9 aliphatic rings. The summed E-state index contributed by atoms with van der Waals surface area (Å²) in [6.45, 7) is 10.3. The lowest BCUT2D eigenvalue weighted by atomic mass is 9.39. The number of aliphatic hydroxyl groups is 2. The first-order chi connectivity index (χ1) is 14.5. The van der Waals surface area contributed by atoms with Crippen LogP contribution in [0.4, 0.5) is 0 Å². The number of hydrogen-bond acceptors (Lipinski definition) is 7. The number of esters is 2. The highest BCUT2D eigenvalue weighted by Gasteiger charge is 2.95. The third-order valence-electron chi connectivity index (χ3n) is 10.9.